The van der Waals surface area contributed by atoms with Gasteiger partial charge in [-0.2, -0.15) is 0 Å². The van der Waals surface area contributed by atoms with E-state index in [0.717, 1.165) is 63.0 Å². The van der Waals surface area contributed by atoms with E-state index in [4.69, 9.17) is 11.6 Å². The smallest absolute Gasteiger partial charge is 0.315 e. The maximum atomic E-state index is 13.5. The minimum Gasteiger partial charge on any atom is -0.371 e. The van der Waals surface area contributed by atoms with Gasteiger partial charge in [-0.1, -0.05) is 35.9 Å². The van der Waals surface area contributed by atoms with Crippen LogP contribution in [0.2, 0.25) is 5.02 Å². The summed E-state index contributed by atoms with van der Waals surface area (Å²) in [4.78, 5) is 34.8. The Kier molecular flexibility index (Phi) is 7.65. The fourth-order valence-electron chi connectivity index (χ4n) is 6.57. The molecular weight excluding hydrogens is 522 g/mol. The lowest BCUT2D eigenvalue weighted by atomic mass is 9.71. The van der Waals surface area contributed by atoms with E-state index in [1.54, 1.807) is 0 Å². The first kappa shape index (κ1) is 26.6. The molecular formula is C32H36ClN5O2. The first-order valence-electron chi connectivity index (χ1n) is 14.3. The lowest BCUT2D eigenvalue weighted by molar-refractivity contribution is 0.0515. The van der Waals surface area contributed by atoms with Gasteiger partial charge in [-0.05, 0) is 91.0 Å². The molecule has 2 aromatic carbocycles. The van der Waals surface area contributed by atoms with Gasteiger partial charge in [-0.25, -0.2) is 4.79 Å². The predicted octanol–water partition coefficient (Wildman–Crippen LogP) is 5.74. The number of hydrogen-bond donors (Lipinski definition) is 2. The van der Waals surface area contributed by atoms with Gasteiger partial charge >= 0.3 is 6.03 Å². The Balaban J connectivity index is 1.03. The van der Waals surface area contributed by atoms with Crippen LogP contribution in [0.15, 0.2) is 67.0 Å². The van der Waals surface area contributed by atoms with E-state index < -0.39 is 0 Å². The molecule has 1 unspecified atom stereocenters. The van der Waals surface area contributed by atoms with E-state index in [1.807, 2.05) is 53.7 Å². The molecule has 1 atom stereocenters. The fourth-order valence-corrected chi connectivity index (χ4v) is 6.78. The predicted molar refractivity (Wildman–Crippen MR) is 158 cm³/mol. The average molecular weight is 558 g/mol. The second kappa shape index (κ2) is 11.5. The molecule has 40 heavy (non-hydrogen) atoms. The molecule has 3 aliphatic rings. The number of anilines is 1. The van der Waals surface area contributed by atoms with Crippen LogP contribution in [0.1, 0.15) is 65.2 Å². The lowest BCUT2D eigenvalue weighted by Crippen LogP contribution is -2.48. The minimum atomic E-state index is -0.231. The molecule has 3 amide bonds. The molecule has 3 heterocycles. The van der Waals surface area contributed by atoms with Crippen LogP contribution in [0.4, 0.5) is 10.5 Å². The Morgan fingerprint density at radius 2 is 1.68 bits per heavy atom. The van der Waals surface area contributed by atoms with Gasteiger partial charge in [0.1, 0.15) is 0 Å². The summed E-state index contributed by atoms with van der Waals surface area (Å²) in [7, 11) is 0. The Hall–Kier alpha value is -3.58. The highest BCUT2D eigenvalue weighted by molar-refractivity contribution is 6.31. The van der Waals surface area contributed by atoms with Gasteiger partial charge in [0, 0.05) is 61.4 Å². The van der Waals surface area contributed by atoms with Gasteiger partial charge in [-0.3, -0.25) is 9.78 Å². The Bertz CT molecular complexity index is 1360. The van der Waals surface area contributed by atoms with Crippen LogP contribution in [-0.2, 0) is 13.0 Å². The standard InChI is InChI=1S/C32H36ClN5O2/c33-28-4-2-1-3-25(28)22-35-31(40)36-29-8-7-23-5-6-24(21-27(23)29)30(39)38-19-13-32(14-20-38)11-17-37(18-12-32)26-9-15-34-16-10-26/h1-6,9-10,15-16,21,29H,7-8,11-14,17-20,22H2,(H2,35,36,40). The van der Waals surface area contributed by atoms with E-state index in [-0.39, 0.29) is 18.0 Å². The van der Waals surface area contributed by atoms with Crippen molar-refractivity contribution < 1.29 is 9.59 Å². The molecule has 3 aromatic rings. The van der Waals surface area contributed by atoms with Crippen molar-refractivity contribution >= 4 is 29.2 Å². The molecule has 2 aliphatic heterocycles. The normalized spacial score (nSPS) is 19.8. The number of benzene rings is 2. The third-order valence-electron chi connectivity index (χ3n) is 9.14. The molecule has 208 valence electrons. The van der Waals surface area contributed by atoms with Gasteiger partial charge in [0.05, 0.1) is 6.04 Å². The van der Waals surface area contributed by atoms with Gasteiger partial charge < -0.3 is 20.4 Å². The molecule has 2 saturated heterocycles. The number of nitrogens with zero attached hydrogens (tertiary/aromatic N) is 3. The number of hydrogen-bond acceptors (Lipinski definition) is 4. The van der Waals surface area contributed by atoms with Crippen molar-refractivity contribution in [3.63, 3.8) is 0 Å². The van der Waals surface area contributed by atoms with Crippen molar-refractivity contribution in [2.45, 2.75) is 51.1 Å². The van der Waals surface area contributed by atoms with E-state index in [1.165, 1.54) is 24.1 Å². The average Bonchev–Trinajstić information content (AvgIpc) is 3.39. The van der Waals surface area contributed by atoms with E-state index in [0.29, 0.717) is 22.5 Å². The Morgan fingerprint density at radius 3 is 2.42 bits per heavy atom. The van der Waals surface area contributed by atoms with Crippen molar-refractivity contribution in [3.05, 3.63) is 94.3 Å². The first-order chi connectivity index (χ1) is 19.5. The van der Waals surface area contributed by atoms with Gasteiger partial charge in [0.15, 0.2) is 0 Å². The molecule has 6 rings (SSSR count). The molecule has 7 nitrogen and oxygen atoms in total. The van der Waals surface area contributed by atoms with Crippen LogP contribution in [0.5, 0.6) is 0 Å². The van der Waals surface area contributed by atoms with Crippen molar-refractivity contribution in [2.24, 2.45) is 5.41 Å². The molecule has 0 bridgehead atoms. The van der Waals surface area contributed by atoms with E-state index in [9.17, 15) is 9.59 Å². The number of halogens is 1. The first-order valence-corrected chi connectivity index (χ1v) is 14.7. The zero-order valence-electron chi connectivity index (χ0n) is 22.7. The van der Waals surface area contributed by atoms with Crippen LogP contribution in [-0.4, -0.2) is 48.0 Å². The second-order valence-corrected chi connectivity index (χ2v) is 11.8. The zero-order chi connectivity index (χ0) is 27.5. The van der Waals surface area contributed by atoms with Crippen molar-refractivity contribution in [1.29, 1.82) is 0 Å². The van der Waals surface area contributed by atoms with E-state index in [2.05, 4.69) is 38.7 Å². The summed E-state index contributed by atoms with van der Waals surface area (Å²) in [6, 6.07) is 17.3. The monoisotopic (exact) mass is 557 g/mol. The number of nitrogens with one attached hydrogen (secondary N) is 2. The summed E-state index contributed by atoms with van der Waals surface area (Å²) < 4.78 is 0. The maximum absolute atomic E-state index is 13.5. The maximum Gasteiger partial charge on any atom is 0.315 e. The molecule has 0 radical (unpaired) electrons. The van der Waals surface area contributed by atoms with Crippen LogP contribution in [0, 0.1) is 5.41 Å². The van der Waals surface area contributed by atoms with Crippen molar-refractivity contribution in [2.75, 3.05) is 31.1 Å². The van der Waals surface area contributed by atoms with Gasteiger partial charge in [-0.15, -0.1) is 0 Å². The van der Waals surface area contributed by atoms with Crippen LogP contribution < -0.4 is 15.5 Å². The summed E-state index contributed by atoms with van der Waals surface area (Å²) in [6.45, 7) is 4.09. The van der Waals surface area contributed by atoms with Gasteiger partial charge in [0.25, 0.3) is 5.91 Å². The highest BCUT2D eigenvalue weighted by Crippen LogP contribution is 2.42. The number of rotatable bonds is 5. The number of fused-ring (bicyclic) bond motifs is 1. The quantitative estimate of drug-likeness (QED) is 0.419. The number of urea groups is 1. The number of aromatic nitrogens is 1. The highest BCUT2D eigenvalue weighted by Gasteiger charge is 2.39. The number of carbonyl (C=O) groups is 2. The third kappa shape index (κ3) is 5.66. The number of piperidine rings is 2. The van der Waals surface area contributed by atoms with E-state index >= 15 is 0 Å². The zero-order valence-corrected chi connectivity index (χ0v) is 23.5. The molecule has 8 heteroatoms. The van der Waals surface area contributed by atoms with Gasteiger partial charge in [0.2, 0.25) is 0 Å². The molecule has 2 N–H and O–H groups in total. The summed E-state index contributed by atoms with van der Waals surface area (Å²) >= 11 is 6.22. The molecule has 1 aliphatic carbocycles. The lowest BCUT2D eigenvalue weighted by Gasteiger charge is -2.47. The number of pyridine rings is 1. The Morgan fingerprint density at radius 1 is 0.950 bits per heavy atom. The topological polar surface area (TPSA) is 77.6 Å². The van der Waals surface area contributed by atoms with Crippen molar-refractivity contribution in [1.82, 2.24) is 20.5 Å². The molecule has 1 aromatic heterocycles. The number of likely N-dealkylation sites (tertiary alicyclic amines) is 1. The van der Waals surface area contributed by atoms with Crippen LogP contribution in [0.25, 0.3) is 0 Å². The Labute approximate surface area is 240 Å². The summed E-state index contributed by atoms with van der Waals surface area (Å²) in [5, 5.41) is 6.65. The SMILES string of the molecule is O=C(NCc1ccccc1Cl)NC1CCc2ccc(C(=O)N3CCC4(CC3)CCN(c3ccncc3)CC4)cc21. The summed E-state index contributed by atoms with van der Waals surface area (Å²) in [6.07, 6.45) is 9.89. The molecule has 2 fully saturated rings. The fraction of sp³-hybridized carbons (Fsp3) is 0.406. The number of amides is 3. The summed E-state index contributed by atoms with van der Waals surface area (Å²) in [5.41, 5.74) is 5.43. The highest BCUT2D eigenvalue weighted by atomic mass is 35.5. The number of aryl methyl sites for hydroxylation is 1. The third-order valence-corrected chi connectivity index (χ3v) is 9.51. The minimum absolute atomic E-state index is 0.0979. The number of carbonyl (C=O) groups excluding carboxylic acids is 2. The van der Waals surface area contributed by atoms with Crippen LogP contribution in [0.3, 0.4) is 0 Å². The second-order valence-electron chi connectivity index (χ2n) is 11.4. The van der Waals surface area contributed by atoms with Crippen molar-refractivity contribution in [3.8, 4) is 0 Å². The molecule has 1 spiro atoms. The molecule has 0 saturated carbocycles. The van der Waals surface area contributed by atoms with Crippen LogP contribution >= 0.6 is 11.6 Å². The summed E-state index contributed by atoms with van der Waals surface area (Å²) in [5.74, 6) is 0.0979. The largest absolute Gasteiger partial charge is 0.371 e.